The van der Waals surface area contributed by atoms with E-state index in [1.54, 1.807) is 6.07 Å². The lowest BCUT2D eigenvalue weighted by Crippen LogP contribution is -2.45. The van der Waals surface area contributed by atoms with Crippen molar-refractivity contribution < 1.29 is 18.0 Å². The number of nitrogens with one attached hydrogen (secondary N) is 1. The Morgan fingerprint density at radius 2 is 1.73 bits per heavy atom. The van der Waals surface area contributed by atoms with Crippen LogP contribution in [0.25, 0.3) is 11.3 Å². The standard InChI is InChI=1S/C25H31ClF3N3O/c1-17-20(24(33)30-31-12-6-3-7-13-31)15-23(32(17)16-18-8-4-2-5-9-18)21-14-19(25(27,28)29)10-11-22(21)26/h10-11,14-15,18H,2-9,12-13,16H2,1H3,(H,30,33). The molecule has 0 bridgehead atoms. The van der Waals surface area contributed by atoms with Gasteiger partial charge in [-0.25, -0.2) is 5.01 Å². The van der Waals surface area contributed by atoms with Crippen LogP contribution in [-0.2, 0) is 12.7 Å². The zero-order valence-electron chi connectivity index (χ0n) is 19.0. The lowest BCUT2D eigenvalue weighted by atomic mass is 9.89. The van der Waals surface area contributed by atoms with Gasteiger partial charge in [-0.1, -0.05) is 37.3 Å². The molecule has 0 unspecified atom stereocenters. The van der Waals surface area contributed by atoms with E-state index in [1.807, 2.05) is 16.5 Å². The van der Waals surface area contributed by atoms with Gasteiger partial charge in [0.2, 0.25) is 0 Å². The van der Waals surface area contributed by atoms with Crippen molar-refractivity contribution in [3.8, 4) is 11.3 Å². The molecule has 2 heterocycles. The number of aromatic nitrogens is 1. The number of amides is 1. The highest BCUT2D eigenvalue weighted by molar-refractivity contribution is 6.33. The van der Waals surface area contributed by atoms with Crippen LogP contribution in [0, 0.1) is 12.8 Å². The molecule has 1 N–H and O–H groups in total. The number of nitrogens with zero attached hydrogens (tertiary/aromatic N) is 2. The average Bonchev–Trinajstić information content (AvgIpc) is 3.11. The molecule has 1 aliphatic carbocycles. The monoisotopic (exact) mass is 481 g/mol. The molecule has 0 spiro atoms. The Bertz CT molecular complexity index is 990. The maximum atomic E-state index is 13.4. The van der Waals surface area contributed by atoms with Crippen LogP contribution in [0.5, 0.6) is 0 Å². The minimum atomic E-state index is -4.47. The summed E-state index contributed by atoms with van der Waals surface area (Å²) in [7, 11) is 0. The fourth-order valence-corrected chi connectivity index (χ4v) is 5.28. The number of carbonyl (C=O) groups excluding carboxylic acids is 1. The Morgan fingerprint density at radius 3 is 2.39 bits per heavy atom. The fraction of sp³-hybridized carbons (Fsp3) is 0.560. The third-order valence-corrected chi connectivity index (χ3v) is 7.29. The number of benzene rings is 1. The molecule has 1 aliphatic heterocycles. The van der Waals surface area contributed by atoms with Crippen LogP contribution in [0.1, 0.15) is 73.0 Å². The van der Waals surface area contributed by atoms with Gasteiger partial charge in [0.15, 0.2) is 0 Å². The van der Waals surface area contributed by atoms with Crippen LogP contribution >= 0.6 is 11.6 Å². The fourth-order valence-electron chi connectivity index (χ4n) is 5.07. The molecule has 180 valence electrons. The number of halogens is 4. The molecule has 2 aromatic rings. The van der Waals surface area contributed by atoms with Crippen LogP contribution in [0.15, 0.2) is 24.3 Å². The summed E-state index contributed by atoms with van der Waals surface area (Å²) in [5.41, 5.74) is 4.37. The van der Waals surface area contributed by atoms with E-state index >= 15 is 0 Å². The second-order valence-electron chi connectivity index (χ2n) is 9.32. The Labute approximate surface area is 198 Å². The molecule has 1 aromatic carbocycles. The first-order valence-electron chi connectivity index (χ1n) is 11.9. The summed E-state index contributed by atoms with van der Waals surface area (Å²) in [5, 5.41) is 2.18. The molecule has 1 saturated heterocycles. The van der Waals surface area contributed by atoms with Crippen molar-refractivity contribution in [2.75, 3.05) is 13.1 Å². The van der Waals surface area contributed by atoms with Crippen LogP contribution in [0.4, 0.5) is 13.2 Å². The quantitative estimate of drug-likeness (QED) is 0.507. The molecule has 8 heteroatoms. The number of carbonyl (C=O) groups is 1. The lowest BCUT2D eigenvalue weighted by molar-refractivity contribution is -0.137. The van der Waals surface area contributed by atoms with Crippen molar-refractivity contribution in [2.45, 2.75) is 71.0 Å². The number of hydrazine groups is 1. The summed E-state index contributed by atoms with van der Waals surface area (Å²) >= 11 is 6.40. The summed E-state index contributed by atoms with van der Waals surface area (Å²) in [5.74, 6) is 0.215. The van der Waals surface area contributed by atoms with Crippen LogP contribution < -0.4 is 5.43 Å². The first-order valence-corrected chi connectivity index (χ1v) is 12.2. The van der Waals surface area contributed by atoms with E-state index in [2.05, 4.69) is 5.43 Å². The van der Waals surface area contributed by atoms with Crippen LogP contribution in [-0.4, -0.2) is 28.6 Å². The van der Waals surface area contributed by atoms with E-state index in [0.717, 1.165) is 75.9 Å². The molecule has 4 rings (SSSR count). The minimum Gasteiger partial charge on any atom is -0.344 e. The van der Waals surface area contributed by atoms with Gasteiger partial charge in [-0.2, -0.15) is 13.2 Å². The third kappa shape index (κ3) is 5.57. The molecular weight excluding hydrogens is 451 g/mol. The molecule has 1 aromatic heterocycles. The van der Waals surface area contributed by atoms with Gasteiger partial charge >= 0.3 is 6.18 Å². The predicted molar refractivity (Wildman–Crippen MR) is 124 cm³/mol. The van der Waals surface area contributed by atoms with Crippen LogP contribution in [0.2, 0.25) is 5.02 Å². The largest absolute Gasteiger partial charge is 0.416 e. The Hall–Kier alpha value is -1.99. The zero-order chi connectivity index (χ0) is 23.6. The highest BCUT2D eigenvalue weighted by Crippen LogP contribution is 2.38. The van der Waals surface area contributed by atoms with Gasteiger partial charge in [0.05, 0.1) is 16.8 Å². The van der Waals surface area contributed by atoms with Crippen LogP contribution in [0.3, 0.4) is 0 Å². The van der Waals surface area contributed by atoms with Gasteiger partial charge in [0.25, 0.3) is 5.91 Å². The van der Waals surface area contributed by atoms with Gasteiger partial charge in [-0.15, -0.1) is 0 Å². The van der Waals surface area contributed by atoms with Crippen molar-refractivity contribution in [1.82, 2.24) is 15.0 Å². The van der Waals surface area contributed by atoms with E-state index in [9.17, 15) is 18.0 Å². The van der Waals surface area contributed by atoms with Gasteiger partial charge < -0.3 is 4.57 Å². The first kappa shape index (κ1) is 24.1. The van der Waals surface area contributed by atoms with Crippen molar-refractivity contribution in [3.63, 3.8) is 0 Å². The number of alkyl halides is 3. The highest BCUT2D eigenvalue weighted by atomic mass is 35.5. The summed E-state index contributed by atoms with van der Waals surface area (Å²) in [6.45, 7) is 4.16. The van der Waals surface area contributed by atoms with Gasteiger partial charge in [-0.05, 0) is 62.8 Å². The van der Waals surface area contributed by atoms with Gasteiger partial charge in [0, 0.05) is 35.9 Å². The number of hydrogen-bond acceptors (Lipinski definition) is 2. The summed E-state index contributed by atoms with van der Waals surface area (Å²) < 4.78 is 42.3. The molecule has 0 atom stereocenters. The number of rotatable bonds is 5. The van der Waals surface area contributed by atoms with E-state index in [1.165, 1.54) is 12.5 Å². The van der Waals surface area contributed by atoms with Crippen molar-refractivity contribution in [3.05, 3.63) is 46.1 Å². The number of hydrogen-bond donors (Lipinski definition) is 1. The van der Waals surface area contributed by atoms with Gasteiger partial charge in [0.1, 0.15) is 0 Å². The topological polar surface area (TPSA) is 37.3 Å². The second-order valence-corrected chi connectivity index (χ2v) is 9.73. The first-order chi connectivity index (χ1) is 15.7. The van der Waals surface area contributed by atoms with Gasteiger partial charge in [-0.3, -0.25) is 10.2 Å². The Morgan fingerprint density at radius 1 is 1.06 bits per heavy atom. The molecular formula is C25H31ClF3N3O. The van der Waals surface area contributed by atoms with Crippen molar-refractivity contribution in [1.29, 1.82) is 0 Å². The van der Waals surface area contributed by atoms with Crippen molar-refractivity contribution in [2.24, 2.45) is 5.92 Å². The van der Waals surface area contributed by atoms with E-state index < -0.39 is 11.7 Å². The maximum Gasteiger partial charge on any atom is 0.416 e. The zero-order valence-corrected chi connectivity index (χ0v) is 19.7. The smallest absolute Gasteiger partial charge is 0.344 e. The van der Waals surface area contributed by atoms with E-state index in [-0.39, 0.29) is 10.9 Å². The lowest BCUT2D eigenvalue weighted by Gasteiger charge is -2.27. The molecule has 2 fully saturated rings. The Kier molecular flexibility index (Phi) is 7.39. The summed E-state index contributed by atoms with van der Waals surface area (Å²) in [6.07, 6.45) is 4.47. The van der Waals surface area contributed by atoms with Crippen molar-refractivity contribution >= 4 is 17.5 Å². The van der Waals surface area contributed by atoms with E-state index in [4.69, 9.17) is 11.6 Å². The average molecular weight is 482 g/mol. The van der Waals surface area contributed by atoms with E-state index in [0.29, 0.717) is 29.3 Å². The summed E-state index contributed by atoms with van der Waals surface area (Å²) in [6, 6.07) is 5.09. The predicted octanol–water partition coefficient (Wildman–Crippen LogP) is 6.85. The molecule has 0 radical (unpaired) electrons. The third-order valence-electron chi connectivity index (χ3n) is 6.96. The summed E-state index contributed by atoms with van der Waals surface area (Å²) in [4.78, 5) is 13.2. The molecule has 33 heavy (non-hydrogen) atoms. The second kappa shape index (κ2) is 10.1. The SMILES string of the molecule is Cc1c(C(=O)NN2CCCCC2)cc(-c2cc(C(F)(F)F)ccc2Cl)n1CC1CCCCC1. The molecule has 2 aliphatic rings. The molecule has 4 nitrogen and oxygen atoms in total. The molecule has 1 saturated carbocycles. The highest BCUT2D eigenvalue weighted by Gasteiger charge is 2.32. The normalized spacial score (nSPS) is 18.5. The maximum absolute atomic E-state index is 13.4. The Balaban J connectivity index is 1.73. The minimum absolute atomic E-state index is 0.221. The number of piperidine rings is 1. The molecule has 1 amide bonds.